The van der Waals surface area contributed by atoms with Crippen molar-refractivity contribution in [2.24, 2.45) is 0 Å². The molecule has 29 heavy (non-hydrogen) atoms. The third kappa shape index (κ3) is 5.11. The van der Waals surface area contributed by atoms with Gasteiger partial charge in [0.25, 0.3) is 5.91 Å². The molecule has 6 heteroatoms. The zero-order valence-electron chi connectivity index (χ0n) is 17.5. The largest absolute Gasteiger partial charge is 0.496 e. The van der Waals surface area contributed by atoms with Crippen LogP contribution >= 0.6 is 0 Å². The predicted molar refractivity (Wildman–Crippen MR) is 115 cm³/mol. The van der Waals surface area contributed by atoms with Crippen LogP contribution in [0.15, 0.2) is 28.7 Å². The summed E-state index contributed by atoms with van der Waals surface area (Å²) in [5, 5.41) is 3.99. The highest BCUT2D eigenvalue weighted by atomic mass is 16.5. The van der Waals surface area contributed by atoms with Gasteiger partial charge in [0.15, 0.2) is 5.76 Å². The van der Waals surface area contributed by atoms with Gasteiger partial charge in [-0.15, -0.1) is 0 Å². The highest BCUT2D eigenvalue weighted by Gasteiger charge is 2.23. The zero-order chi connectivity index (χ0) is 20.1. The highest BCUT2D eigenvalue weighted by molar-refractivity contribution is 5.97. The highest BCUT2D eigenvalue weighted by Crippen LogP contribution is 2.28. The molecule has 2 aromatic rings. The summed E-state index contributed by atoms with van der Waals surface area (Å²) in [5.74, 6) is 0.947. The number of hydrogen-bond donors (Lipinski definition) is 1. The normalized spacial score (nSPS) is 19.9. The van der Waals surface area contributed by atoms with Crippen LogP contribution in [0.1, 0.15) is 49.1 Å². The lowest BCUT2D eigenvalue weighted by Gasteiger charge is -2.33. The van der Waals surface area contributed by atoms with E-state index in [1.165, 1.54) is 45.3 Å². The standard InChI is InChI=1S/C23H33N3O3/c1-28-20-7-6-8-21-19(20)17-22(29-21)23(27)24-18-9-13-26(14-10-18)16-15-25-11-4-2-3-5-12-25/h6-8,17-18H,2-5,9-16H2,1H3,(H,24,27). The lowest BCUT2D eigenvalue weighted by atomic mass is 10.0. The Morgan fingerprint density at radius 2 is 1.76 bits per heavy atom. The van der Waals surface area contributed by atoms with Gasteiger partial charge in [-0.05, 0) is 50.9 Å². The second-order valence-corrected chi connectivity index (χ2v) is 8.33. The van der Waals surface area contributed by atoms with E-state index in [0.717, 1.165) is 43.6 Å². The number of nitrogens with zero attached hydrogens (tertiary/aromatic N) is 2. The van der Waals surface area contributed by atoms with Crippen molar-refractivity contribution in [2.45, 2.75) is 44.6 Å². The average molecular weight is 400 g/mol. The number of hydrogen-bond acceptors (Lipinski definition) is 5. The molecule has 4 rings (SSSR count). The molecule has 0 aliphatic carbocycles. The van der Waals surface area contributed by atoms with Crippen LogP contribution in [-0.4, -0.2) is 68.1 Å². The van der Waals surface area contributed by atoms with E-state index in [4.69, 9.17) is 9.15 Å². The monoisotopic (exact) mass is 399 g/mol. The lowest BCUT2D eigenvalue weighted by molar-refractivity contribution is 0.0881. The van der Waals surface area contributed by atoms with E-state index >= 15 is 0 Å². The van der Waals surface area contributed by atoms with Gasteiger partial charge >= 0.3 is 0 Å². The third-order valence-electron chi connectivity index (χ3n) is 6.32. The van der Waals surface area contributed by atoms with E-state index in [1.807, 2.05) is 18.2 Å². The van der Waals surface area contributed by atoms with Crippen molar-refractivity contribution in [3.05, 3.63) is 30.0 Å². The summed E-state index contributed by atoms with van der Waals surface area (Å²) in [5.41, 5.74) is 0.679. The number of methoxy groups -OCH3 is 1. The molecule has 0 bridgehead atoms. The molecule has 3 heterocycles. The number of carbonyl (C=O) groups is 1. The maximum absolute atomic E-state index is 12.7. The first-order chi connectivity index (χ1) is 14.2. The van der Waals surface area contributed by atoms with Gasteiger partial charge in [0, 0.05) is 38.3 Å². The number of fused-ring (bicyclic) bond motifs is 1. The number of rotatable bonds is 6. The number of amides is 1. The van der Waals surface area contributed by atoms with Gasteiger partial charge in [0.05, 0.1) is 12.5 Å². The Bertz CT molecular complexity index is 803. The van der Waals surface area contributed by atoms with Gasteiger partial charge < -0.3 is 24.3 Å². The van der Waals surface area contributed by atoms with Crippen molar-refractivity contribution >= 4 is 16.9 Å². The van der Waals surface area contributed by atoms with Crippen LogP contribution in [-0.2, 0) is 0 Å². The Kier molecular flexibility index (Phi) is 6.72. The van der Waals surface area contributed by atoms with Crippen LogP contribution < -0.4 is 10.1 Å². The maximum Gasteiger partial charge on any atom is 0.287 e. The molecule has 2 fully saturated rings. The molecule has 1 aromatic carbocycles. The second kappa shape index (κ2) is 9.63. The molecule has 0 atom stereocenters. The summed E-state index contributed by atoms with van der Waals surface area (Å²) < 4.78 is 11.1. The van der Waals surface area contributed by atoms with Crippen LogP contribution in [0.2, 0.25) is 0 Å². The number of likely N-dealkylation sites (tertiary alicyclic amines) is 2. The second-order valence-electron chi connectivity index (χ2n) is 8.33. The van der Waals surface area contributed by atoms with Gasteiger partial charge in [-0.3, -0.25) is 4.79 Å². The molecule has 1 aromatic heterocycles. The molecule has 0 radical (unpaired) electrons. The minimum Gasteiger partial charge on any atom is -0.496 e. The third-order valence-corrected chi connectivity index (χ3v) is 6.32. The Morgan fingerprint density at radius 1 is 1.07 bits per heavy atom. The molecule has 1 amide bonds. The summed E-state index contributed by atoms with van der Waals surface area (Å²) in [6.45, 7) is 6.94. The molecule has 2 saturated heterocycles. The molecule has 0 unspecified atom stereocenters. The van der Waals surface area contributed by atoms with Crippen LogP contribution in [0, 0.1) is 0 Å². The van der Waals surface area contributed by atoms with Crippen molar-refractivity contribution in [1.82, 2.24) is 15.1 Å². The van der Waals surface area contributed by atoms with Crippen LogP contribution in [0.25, 0.3) is 11.0 Å². The number of benzene rings is 1. The van der Waals surface area contributed by atoms with Crippen molar-refractivity contribution in [1.29, 1.82) is 0 Å². The molecule has 6 nitrogen and oxygen atoms in total. The molecule has 0 spiro atoms. The first-order valence-corrected chi connectivity index (χ1v) is 11.0. The van der Waals surface area contributed by atoms with Crippen LogP contribution in [0.3, 0.4) is 0 Å². The fourth-order valence-corrected chi connectivity index (χ4v) is 4.52. The first kappa shape index (κ1) is 20.2. The van der Waals surface area contributed by atoms with Gasteiger partial charge in [-0.2, -0.15) is 0 Å². The maximum atomic E-state index is 12.7. The van der Waals surface area contributed by atoms with Crippen molar-refractivity contribution in [3.8, 4) is 5.75 Å². The van der Waals surface area contributed by atoms with Crippen molar-refractivity contribution in [2.75, 3.05) is 46.4 Å². The summed E-state index contributed by atoms with van der Waals surface area (Å²) in [7, 11) is 1.63. The summed E-state index contributed by atoms with van der Waals surface area (Å²) in [6.07, 6.45) is 7.47. The smallest absolute Gasteiger partial charge is 0.287 e. The quantitative estimate of drug-likeness (QED) is 0.806. The molecular weight excluding hydrogens is 366 g/mol. The molecular formula is C23H33N3O3. The van der Waals surface area contributed by atoms with Crippen molar-refractivity contribution < 1.29 is 13.9 Å². The number of ether oxygens (including phenoxy) is 1. The summed E-state index contributed by atoms with van der Waals surface area (Å²) >= 11 is 0. The average Bonchev–Trinajstić information content (AvgIpc) is 3.02. The fraction of sp³-hybridized carbons (Fsp3) is 0.609. The van der Waals surface area contributed by atoms with E-state index in [0.29, 0.717) is 11.3 Å². The summed E-state index contributed by atoms with van der Waals surface area (Å²) in [4.78, 5) is 17.8. The molecule has 2 aliphatic heterocycles. The number of nitrogens with one attached hydrogen (secondary N) is 1. The van der Waals surface area contributed by atoms with E-state index in [9.17, 15) is 4.79 Å². The fourth-order valence-electron chi connectivity index (χ4n) is 4.52. The SMILES string of the molecule is COc1cccc2oc(C(=O)NC3CCN(CCN4CCCCCC4)CC3)cc12. The van der Waals surface area contributed by atoms with Gasteiger partial charge in [0.1, 0.15) is 11.3 Å². The molecule has 0 saturated carbocycles. The van der Waals surface area contributed by atoms with E-state index in [-0.39, 0.29) is 11.9 Å². The van der Waals surface area contributed by atoms with Gasteiger partial charge in [0.2, 0.25) is 0 Å². The Labute approximate surface area is 173 Å². The summed E-state index contributed by atoms with van der Waals surface area (Å²) in [6, 6.07) is 7.60. The lowest BCUT2D eigenvalue weighted by Crippen LogP contribution is -2.46. The van der Waals surface area contributed by atoms with Gasteiger partial charge in [-0.1, -0.05) is 18.9 Å². The van der Waals surface area contributed by atoms with E-state index < -0.39 is 0 Å². The topological polar surface area (TPSA) is 58.0 Å². The first-order valence-electron chi connectivity index (χ1n) is 11.0. The minimum absolute atomic E-state index is 0.133. The van der Waals surface area contributed by atoms with Crippen LogP contribution in [0.4, 0.5) is 0 Å². The van der Waals surface area contributed by atoms with Crippen LogP contribution in [0.5, 0.6) is 5.75 Å². The molecule has 158 valence electrons. The predicted octanol–water partition coefficient (Wildman–Crippen LogP) is 3.51. The van der Waals surface area contributed by atoms with E-state index in [1.54, 1.807) is 13.2 Å². The molecule has 1 N–H and O–H groups in total. The van der Waals surface area contributed by atoms with Gasteiger partial charge in [-0.25, -0.2) is 0 Å². The Hall–Kier alpha value is -2.05. The molecule has 2 aliphatic rings. The zero-order valence-corrected chi connectivity index (χ0v) is 17.5. The minimum atomic E-state index is -0.133. The number of furan rings is 1. The van der Waals surface area contributed by atoms with E-state index in [2.05, 4.69) is 15.1 Å². The number of carbonyl (C=O) groups excluding carboxylic acids is 1. The Morgan fingerprint density at radius 3 is 2.45 bits per heavy atom. The Balaban J connectivity index is 1.24. The van der Waals surface area contributed by atoms with Crippen molar-refractivity contribution in [3.63, 3.8) is 0 Å². The number of piperidine rings is 1.